The van der Waals surface area contributed by atoms with Gasteiger partial charge < -0.3 is 14.6 Å². The standard InChI is InChI=1S/C26H33BrN2O5S/c1-2-33-21-13-17(20(27)15-22(21)34-16-24(30)31)14-23-25(32)29(19-11-7-4-8-12-19)26(35-23)28-18-9-5-3-6-10-18/h13-15,18-19H,2-12,16H2,1H3,(H,30,31). The second kappa shape index (κ2) is 12.3. The fraction of sp³-hybridized carbons (Fsp3) is 0.577. The Kier molecular flexibility index (Phi) is 9.16. The Hall–Kier alpha value is -2.00. The van der Waals surface area contributed by atoms with Crippen molar-refractivity contribution in [1.29, 1.82) is 0 Å². The van der Waals surface area contributed by atoms with E-state index in [9.17, 15) is 9.59 Å². The van der Waals surface area contributed by atoms with E-state index in [1.807, 2.05) is 17.9 Å². The van der Waals surface area contributed by atoms with Crippen LogP contribution in [0, 0.1) is 0 Å². The first kappa shape index (κ1) is 26.1. The minimum absolute atomic E-state index is 0.0209. The quantitative estimate of drug-likeness (QED) is 0.375. The lowest BCUT2D eigenvalue weighted by atomic mass is 9.94. The Morgan fingerprint density at radius 1 is 1.11 bits per heavy atom. The van der Waals surface area contributed by atoms with E-state index in [1.165, 1.54) is 37.4 Å². The lowest BCUT2D eigenvalue weighted by Crippen LogP contribution is -2.41. The highest BCUT2D eigenvalue weighted by Gasteiger charge is 2.39. The zero-order valence-electron chi connectivity index (χ0n) is 20.1. The minimum Gasteiger partial charge on any atom is -0.490 e. The lowest BCUT2D eigenvalue weighted by molar-refractivity contribution is -0.139. The number of carbonyl (C=O) groups is 2. The topological polar surface area (TPSA) is 88.4 Å². The van der Waals surface area contributed by atoms with Gasteiger partial charge in [0.25, 0.3) is 5.91 Å². The summed E-state index contributed by atoms with van der Waals surface area (Å²) < 4.78 is 11.8. The summed E-state index contributed by atoms with van der Waals surface area (Å²) in [7, 11) is 0. The van der Waals surface area contributed by atoms with Crippen LogP contribution in [0.4, 0.5) is 0 Å². The monoisotopic (exact) mass is 564 g/mol. The molecule has 35 heavy (non-hydrogen) atoms. The van der Waals surface area contributed by atoms with Crippen molar-refractivity contribution in [2.24, 2.45) is 4.99 Å². The predicted octanol–water partition coefficient (Wildman–Crippen LogP) is 6.25. The SMILES string of the molecule is CCOc1cc(C=C2SC(=NC3CCCCC3)N(C3CCCCC3)C2=O)c(Br)cc1OCC(=O)O. The van der Waals surface area contributed by atoms with Crippen LogP contribution in [0.5, 0.6) is 11.5 Å². The Labute approximate surface area is 219 Å². The minimum atomic E-state index is -1.06. The molecule has 4 rings (SSSR count). The molecule has 3 aliphatic rings. The van der Waals surface area contributed by atoms with Gasteiger partial charge in [-0.1, -0.05) is 54.5 Å². The maximum atomic E-state index is 13.6. The number of halogens is 1. The molecule has 7 nitrogen and oxygen atoms in total. The first-order chi connectivity index (χ1) is 17.0. The van der Waals surface area contributed by atoms with Crippen molar-refractivity contribution >= 4 is 50.8 Å². The van der Waals surface area contributed by atoms with E-state index in [0.29, 0.717) is 33.5 Å². The molecule has 0 radical (unpaired) electrons. The third kappa shape index (κ3) is 6.61. The van der Waals surface area contributed by atoms with Gasteiger partial charge in [-0.3, -0.25) is 14.7 Å². The maximum Gasteiger partial charge on any atom is 0.341 e. The molecule has 3 fully saturated rings. The van der Waals surface area contributed by atoms with Crippen LogP contribution in [-0.2, 0) is 9.59 Å². The average molecular weight is 566 g/mol. The molecule has 1 aromatic carbocycles. The van der Waals surface area contributed by atoms with Crippen LogP contribution in [0.3, 0.4) is 0 Å². The predicted molar refractivity (Wildman–Crippen MR) is 142 cm³/mol. The molecule has 190 valence electrons. The van der Waals surface area contributed by atoms with E-state index in [-0.39, 0.29) is 11.9 Å². The average Bonchev–Trinajstić information content (AvgIpc) is 3.15. The smallest absolute Gasteiger partial charge is 0.341 e. The molecule has 0 bridgehead atoms. The summed E-state index contributed by atoms with van der Waals surface area (Å²) in [6.45, 7) is 1.80. The Balaban J connectivity index is 1.65. The highest BCUT2D eigenvalue weighted by atomic mass is 79.9. The number of amidine groups is 1. The number of aliphatic imine (C=N–C) groups is 1. The van der Waals surface area contributed by atoms with Crippen LogP contribution >= 0.6 is 27.7 Å². The van der Waals surface area contributed by atoms with Crippen LogP contribution in [0.25, 0.3) is 6.08 Å². The van der Waals surface area contributed by atoms with E-state index in [1.54, 1.807) is 12.1 Å². The van der Waals surface area contributed by atoms with E-state index in [0.717, 1.165) is 49.3 Å². The van der Waals surface area contributed by atoms with Crippen LogP contribution < -0.4 is 9.47 Å². The number of hydrogen-bond donors (Lipinski definition) is 1. The molecule has 0 aromatic heterocycles. The number of benzene rings is 1. The van der Waals surface area contributed by atoms with Gasteiger partial charge in [-0.05, 0) is 68.1 Å². The van der Waals surface area contributed by atoms with Crippen LogP contribution in [0.15, 0.2) is 26.5 Å². The molecule has 1 N–H and O–H groups in total. The molecule has 1 saturated heterocycles. The summed E-state index contributed by atoms with van der Waals surface area (Å²) in [5.74, 6) is -0.251. The fourth-order valence-electron chi connectivity index (χ4n) is 4.93. The molecule has 2 aliphatic carbocycles. The summed E-state index contributed by atoms with van der Waals surface area (Å²) in [4.78, 5) is 32.3. The number of carboxylic acid groups (broad SMARTS) is 1. The van der Waals surface area contributed by atoms with E-state index in [2.05, 4.69) is 15.9 Å². The Morgan fingerprint density at radius 2 is 1.77 bits per heavy atom. The summed E-state index contributed by atoms with van der Waals surface area (Å²) in [6, 6.07) is 3.99. The zero-order valence-corrected chi connectivity index (χ0v) is 22.5. The van der Waals surface area contributed by atoms with E-state index >= 15 is 0 Å². The summed E-state index contributed by atoms with van der Waals surface area (Å²) >= 11 is 5.03. The third-order valence-electron chi connectivity index (χ3n) is 6.65. The van der Waals surface area contributed by atoms with Crippen molar-refractivity contribution in [3.8, 4) is 11.5 Å². The number of ether oxygens (including phenoxy) is 2. The van der Waals surface area contributed by atoms with Gasteiger partial charge in [0, 0.05) is 10.5 Å². The number of hydrogen-bond acceptors (Lipinski definition) is 6. The van der Waals surface area contributed by atoms with Gasteiger partial charge in [-0.25, -0.2) is 4.79 Å². The van der Waals surface area contributed by atoms with Crippen molar-refractivity contribution in [3.63, 3.8) is 0 Å². The van der Waals surface area contributed by atoms with Crippen LogP contribution in [-0.4, -0.2) is 52.3 Å². The molecule has 1 heterocycles. The molecular formula is C26H33BrN2O5S. The van der Waals surface area contributed by atoms with Crippen LogP contribution in [0.1, 0.15) is 76.7 Å². The highest BCUT2D eigenvalue weighted by Crippen LogP contribution is 2.41. The highest BCUT2D eigenvalue weighted by molar-refractivity contribution is 9.10. The van der Waals surface area contributed by atoms with Crippen LogP contribution in [0.2, 0.25) is 0 Å². The first-order valence-electron chi connectivity index (χ1n) is 12.6. The molecular weight excluding hydrogens is 532 g/mol. The van der Waals surface area contributed by atoms with Crippen molar-refractivity contribution < 1.29 is 24.2 Å². The Bertz CT molecular complexity index is 1000. The summed E-state index contributed by atoms with van der Waals surface area (Å²) in [6.07, 6.45) is 13.3. The van der Waals surface area contributed by atoms with Gasteiger partial charge >= 0.3 is 5.97 Å². The molecule has 1 aliphatic heterocycles. The van der Waals surface area contributed by atoms with Crippen molar-refractivity contribution in [1.82, 2.24) is 4.90 Å². The van der Waals surface area contributed by atoms with Gasteiger partial charge in [0.15, 0.2) is 23.3 Å². The van der Waals surface area contributed by atoms with E-state index < -0.39 is 12.6 Å². The molecule has 0 spiro atoms. The molecule has 0 atom stereocenters. The maximum absolute atomic E-state index is 13.6. The third-order valence-corrected chi connectivity index (χ3v) is 8.33. The van der Waals surface area contributed by atoms with Gasteiger partial charge in [0.05, 0.1) is 17.6 Å². The van der Waals surface area contributed by atoms with Crippen molar-refractivity contribution in [2.45, 2.75) is 83.2 Å². The van der Waals surface area contributed by atoms with Crippen molar-refractivity contribution in [3.05, 3.63) is 27.1 Å². The number of rotatable bonds is 8. The number of amides is 1. The second-order valence-corrected chi connectivity index (χ2v) is 11.1. The first-order valence-corrected chi connectivity index (χ1v) is 14.2. The molecule has 1 aromatic rings. The second-order valence-electron chi connectivity index (χ2n) is 9.22. The normalized spacial score (nSPS) is 22.2. The fourth-order valence-corrected chi connectivity index (χ4v) is 6.46. The lowest BCUT2D eigenvalue weighted by Gasteiger charge is -2.31. The van der Waals surface area contributed by atoms with Gasteiger partial charge in [-0.2, -0.15) is 0 Å². The number of aliphatic carboxylic acids is 1. The molecule has 0 unspecified atom stereocenters. The Morgan fingerprint density at radius 3 is 2.43 bits per heavy atom. The number of carboxylic acids is 1. The number of nitrogens with zero attached hydrogens (tertiary/aromatic N) is 2. The van der Waals surface area contributed by atoms with Gasteiger partial charge in [0.2, 0.25) is 0 Å². The van der Waals surface area contributed by atoms with E-state index in [4.69, 9.17) is 19.6 Å². The molecule has 1 amide bonds. The van der Waals surface area contributed by atoms with Crippen molar-refractivity contribution in [2.75, 3.05) is 13.2 Å². The largest absolute Gasteiger partial charge is 0.490 e. The zero-order chi connectivity index (χ0) is 24.8. The summed E-state index contributed by atoms with van der Waals surface area (Å²) in [5, 5.41) is 9.82. The van der Waals surface area contributed by atoms with Gasteiger partial charge in [-0.15, -0.1) is 0 Å². The van der Waals surface area contributed by atoms with Gasteiger partial charge in [0.1, 0.15) is 0 Å². The molecule has 2 saturated carbocycles. The number of thioether (sulfide) groups is 1. The number of carbonyl (C=O) groups excluding carboxylic acids is 1. The summed E-state index contributed by atoms with van der Waals surface area (Å²) in [5.41, 5.74) is 0.773. The molecule has 9 heteroatoms.